The van der Waals surface area contributed by atoms with Crippen LogP contribution in [0.1, 0.15) is 46.0 Å². The minimum absolute atomic E-state index is 0.168. The largest absolute Gasteiger partial charge is 0.482 e. The monoisotopic (exact) mass is 497 g/mol. The summed E-state index contributed by atoms with van der Waals surface area (Å²) in [5, 5.41) is 21.7. The van der Waals surface area contributed by atoms with E-state index in [4.69, 9.17) is 24.7 Å². The Bertz CT molecular complexity index is 1110. The van der Waals surface area contributed by atoms with E-state index in [9.17, 15) is 19.2 Å². The molecule has 1 aliphatic rings. The number of alkyl carbamates (subject to hydrolysis) is 1. The van der Waals surface area contributed by atoms with Crippen molar-refractivity contribution in [3.05, 3.63) is 65.2 Å². The summed E-state index contributed by atoms with van der Waals surface area (Å²) in [6.45, 7) is 2.11. The van der Waals surface area contributed by atoms with Crippen molar-refractivity contribution in [3.63, 3.8) is 0 Å². The molecule has 4 N–H and O–H groups in total. The second-order valence-electron chi connectivity index (χ2n) is 8.06. The van der Waals surface area contributed by atoms with Crippen molar-refractivity contribution in [3.8, 4) is 5.75 Å². The topological polar surface area (TPSA) is 164 Å². The van der Waals surface area contributed by atoms with Crippen molar-refractivity contribution in [1.29, 1.82) is 5.41 Å². The number of amidine groups is 1. The molecule has 1 heterocycles. The number of Topliss-reactive ketones (excluding diaryl/α,β-unsaturated/α-hetero) is 1. The highest BCUT2D eigenvalue weighted by Gasteiger charge is 2.20. The summed E-state index contributed by atoms with van der Waals surface area (Å²) in [4.78, 5) is 47.8. The molecule has 11 nitrogen and oxygen atoms in total. The zero-order valence-electron chi connectivity index (χ0n) is 19.6. The van der Waals surface area contributed by atoms with Gasteiger partial charge in [0.15, 0.2) is 12.4 Å². The number of carboxylic acid groups (broad SMARTS) is 1. The van der Waals surface area contributed by atoms with Gasteiger partial charge in [0.05, 0.1) is 19.3 Å². The number of nitrogens with one attached hydrogen (secondary N) is 3. The molecule has 0 aromatic heterocycles. The molecule has 2 amide bonds. The van der Waals surface area contributed by atoms with E-state index >= 15 is 0 Å². The lowest BCUT2D eigenvalue weighted by Crippen LogP contribution is -2.38. The predicted octanol–water partition coefficient (Wildman–Crippen LogP) is 2.38. The van der Waals surface area contributed by atoms with E-state index in [0.717, 1.165) is 0 Å². The molecule has 1 atom stereocenters. The lowest BCUT2D eigenvalue weighted by atomic mass is 10.0. The van der Waals surface area contributed by atoms with Crippen molar-refractivity contribution < 1.29 is 38.5 Å². The third kappa shape index (κ3) is 7.64. The molecule has 190 valence electrons. The van der Waals surface area contributed by atoms with Gasteiger partial charge in [0, 0.05) is 29.5 Å². The number of amides is 2. The molecule has 0 bridgehead atoms. The van der Waals surface area contributed by atoms with Gasteiger partial charge in [0.25, 0.3) is 5.91 Å². The molecule has 2 aromatic rings. The Morgan fingerprint density at radius 2 is 1.58 bits per heavy atom. The number of carbonyl (C=O) groups excluding carboxylic acids is 3. The molecule has 3 rings (SSSR count). The number of carbonyl (C=O) groups is 4. The Morgan fingerprint density at radius 1 is 1.00 bits per heavy atom. The summed E-state index contributed by atoms with van der Waals surface area (Å²) in [5.74, 6) is -1.79. The Hall–Kier alpha value is -4.25. The summed E-state index contributed by atoms with van der Waals surface area (Å²) in [5.41, 5.74) is 0.978. The fraction of sp³-hybridized carbons (Fsp3) is 0.320. The maximum absolute atomic E-state index is 12.6. The van der Waals surface area contributed by atoms with E-state index in [1.165, 1.54) is 48.5 Å². The van der Waals surface area contributed by atoms with Crippen LogP contribution in [0.2, 0.25) is 0 Å². The first kappa shape index (κ1) is 26.4. The number of ketones is 1. The number of ether oxygens (including phenoxy) is 3. The SMILES string of the molecule is CC(NC(=O)c1ccc(C(=N)NC(=O)OC2CCOCC2)cc1)C(=O)c1ccc(OCC(=O)O)cc1. The van der Waals surface area contributed by atoms with Crippen molar-refractivity contribution in [2.24, 2.45) is 0 Å². The lowest BCUT2D eigenvalue weighted by molar-refractivity contribution is -0.139. The van der Waals surface area contributed by atoms with Crippen LogP contribution in [0.5, 0.6) is 5.75 Å². The van der Waals surface area contributed by atoms with Crippen molar-refractivity contribution in [2.45, 2.75) is 31.9 Å². The quantitative estimate of drug-likeness (QED) is 0.233. The highest BCUT2D eigenvalue weighted by molar-refractivity contribution is 6.06. The predicted molar refractivity (Wildman–Crippen MR) is 128 cm³/mol. The number of rotatable bonds is 9. The first-order valence-electron chi connectivity index (χ1n) is 11.3. The maximum Gasteiger partial charge on any atom is 0.413 e. The molecule has 0 radical (unpaired) electrons. The first-order valence-corrected chi connectivity index (χ1v) is 11.3. The molecule has 0 aliphatic carbocycles. The Labute approximate surface area is 207 Å². The van der Waals surface area contributed by atoms with Gasteiger partial charge < -0.3 is 24.6 Å². The van der Waals surface area contributed by atoms with Gasteiger partial charge in [0.1, 0.15) is 17.7 Å². The van der Waals surface area contributed by atoms with E-state index in [0.29, 0.717) is 42.9 Å². The van der Waals surface area contributed by atoms with Crippen LogP contribution in [0.15, 0.2) is 48.5 Å². The van der Waals surface area contributed by atoms with Gasteiger partial charge >= 0.3 is 12.1 Å². The van der Waals surface area contributed by atoms with Gasteiger partial charge in [0.2, 0.25) is 0 Å². The smallest absolute Gasteiger partial charge is 0.413 e. The summed E-state index contributed by atoms with van der Waals surface area (Å²) in [7, 11) is 0. The number of hydrogen-bond donors (Lipinski definition) is 4. The van der Waals surface area contributed by atoms with E-state index in [-0.39, 0.29) is 23.3 Å². The summed E-state index contributed by atoms with van der Waals surface area (Å²) in [6.07, 6.45) is 0.254. The molecule has 11 heteroatoms. The molecule has 1 saturated heterocycles. The number of benzene rings is 2. The molecule has 0 spiro atoms. The van der Waals surface area contributed by atoms with E-state index in [2.05, 4.69) is 10.6 Å². The minimum Gasteiger partial charge on any atom is -0.482 e. The number of carboxylic acids is 1. The van der Waals surface area contributed by atoms with Crippen LogP contribution in [0.4, 0.5) is 4.79 Å². The van der Waals surface area contributed by atoms with Gasteiger partial charge in [-0.15, -0.1) is 0 Å². The van der Waals surface area contributed by atoms with Crippen LogP contribution in [0.3, 0.4) is 0 Å². The van der Waals surface area contributed by atoms with Crippen molar-refractivity contribution in [1.82, 2.24) is 10.6 Å². The standard InChI is InChI=1S/C25H27N3O8/c1-15(22(31)16-6-8-19(9-7-16)35-14-21(29)30)27-24(32)18-4-2-17(3-5-18)23(26)28-25(33)36-20-10-12-34-13-11-20/h2-9,15,20H,10-14H2,1H3,(H,27,32)(H,29,30)(H2,26,28,33). The number of aliphatic carboxylic acids is 1. The molecular formula is C25H27N3O8. The van der Waals surface area contributed by atoms with Gasteiger partial charge in [-0.3, -0.25) is 20.3 Å². The fourth-order valence-electron chi connectivity index (χ4n) is 3.39. The van der Waals surface area contributed by atoms with E-state index in [1.54, 1.807) is 6.92 Å². The molecular weight excluding hydrogens is 470 g/mol. The summed E-state index contributed by atoms with van der Waals surface area (Å²) in [6, 6.07) is 11.1. The highest BCUT2D eigenvalue weighted by Crippen LogP contribution is 2.14. The third-order valence-electron chi connectivity index (χ3n) is 5.35. The van der Waals surface area contributed by atoms with Crippen molar-refractivity contribution >= 4 is 29.6 Å². The van der Waals surface area contributed by atoms with Crippen LogP contribution in [0.25, 0.3) is 0 Å². The van der Waals surface area contributed by atoms with Crippen LogP contribution in [-0.2, 0) is 14.3 Å². The molecule has 1 unspecified atom stereocenters. The summed E-state index contributed by atoms with van der Waals surface area (Å²) < 4.78 is 15.5. The average Bonchev–Trinajstić information content (AvgIpc) is 2.87. The molecule has 36 heavy (non-hydrogen) atoms. The Kier molecular flexibility index (Phi) is 9.12. The Balaban J connectivity index is 1.50. The van der Waals surface area contributed by atoms with Crippen LogP contribution < -0.4 is 15.4 Å². The van der Waals surface area contributed by atoms with E-state index in [1.807, 2.05) is 0 Å². The fourth-order valence-corrected chi connectivity index (χ4v) is 3.39. The van der Waals surface area contributed by atoms with Crippen LogP contribution in [0, 0.1) is 5.41 Å². The summed E-state index contributed by atoms with van der Waals surface area (Å²) >= 11 is 0. The average molecular weight is 498 g/mol. The second-order valence-corrected chi connectivity index (χ2v) is 8.06. The van der Waals surface area contributed by atoms with Crippen LogP contribution >= 0.6 is 0 Å². The zero-order valence-corrected chi connectivity index (χ0v) is 19.6. The van der Waals surface area contributed by atoms with E-state index < -0.39 is 30.6 Å². The number of hydrogen-bond acceptors (Lipinski definition) is 8. The Morgan fingerprint density at radius 3 is 2.19 bits per heavy atom. The second kappa shape index (κ2) is 12.5. The van der Waals surface area contributed by atoms with Gasteiger partial charge in [-0.05, 0) is 43.3 Å². The van der Waals surface area contributed by atoms with Gasteiger partial charge in [-0.25, -0.2) is 9.59 Å². The minimum atomic E-state index is -1.11. The van der Waals surface area contributed by atoms with Gasteiger partial charge in [-0.1, -0.05) is 12.1 Å². The maximum atomic E-state index is 12.6. The zero-order chi connectivity index (χ0) is 26.1. The molecule has 0 saturated carbocycles. The molecule has 2 aromatic carbocycles. The van der Waals surface area contributed by atoms with Crippen molar-refractivity contribution in [2.75, 3.05) is 19.8 Å². The normalized spacial score (nSPS) is 14.2. The molecule has 1 fully saturated rings. The highest BCUT2D eigenvalue weighted by atomic mass is 16.6. The molecule has 1 aliphatic heterocycles. The third-order valence-corrected chi connectivity index (χ3v) is 5.35. The lowest BCUT2D eigenvalue weighted by Gasteiger charge is -2.22. The van der Waals surface area contributed by atoms with Gasteiger partial charge in [-0.2, -0.15) is 0 Å². The van der Waals surface area contributed by atoms with Crippen LogP contribution in [-0.4, -0.2) is 66.7 Å². The first-order chi connectivity index (χ1) is 17.2.